The molecule has 0 spiro atoms. The van der Waals surface area contributed by atoms with Gasteiger partial charge in [-0.05, 0) is 18.8 Å². The Labute approximate surface area is 121 Å². The lowest BCUT2D eigenvalue weighted by molar-refractivity contribution is 0.437. The van der Waals surface area contributed by atoms with Crippen LogP contribution in [-0.2, 0) is 0 Å². The van der Waals surface area contributed by atoms with Gasteiger partial charge in [-0.15, -0.1) is 11.6 Å². The Kier molecular flexibility index (Phi) is 15.6. The van der Waals surface area contributed by atoms with Crippen LogP contribution in [0.2, 0.25) is 0 Å². The van der Waals surface area contributed by atoms with Gasteiger partial charge in [-0.1, -0.05) is 84.5 Å². The fraction of sp³-hybridized carbons (Fsp3) is 1.00. The van der Waals surface area contributed by atoms with Crippen molar-refractivity contribution in [2.75, 3.05) is 5.88 Å². The van der Waals surface area contributed by atoms with E-state index < -0.39 is 0 Å². The van der Waals surface area contributed by atoms with Crippen molar-refractivity contribution < 1.29 is 0 Å². The van der Waals surface area contributed by atoms with Gasteiger partial charge in [0, 0.05) is 5.88 Å². The minimum absolute atomic E-state index is 0.791. The molecule has 0 rings (SSSR count). The first kappa shape index (κ1) is 18.3. The van der Waals surface area contributed by atoms with Crippen molar-refractivity contribution in [1.29, 1.82) is 0 Å². The van der Waals surface area contributed by atoms with Crippen LogP contribution in [0.3, 0.4) is 0 Å². The molecule has 0 fully saturated rings. The number of halogens is 1. The molecule has 0 aromatic heterocycles. The second kappa shape index (κ2) is 15.3. The summed E-state index contributed by atoms with van der Waals surface area (Å²) in [5.41, 5.74) is 0. The van der Waals surface area contributed by atoms with Crippen LogP contribution in [-0.4, -0.2) is 5.88 Å². The Morgan fingerprint density at radius 3 is 1.44 bits per heavy atom. The molecule has 0 nitrogen and oxygen atoms in total. The number of hydrogen-bond donors (Lipinski definition) is 0. The van der Waals surface area contributed by atoms with E-state index in [1.807, 2.05) is 0 Å². The second-order valence-electron chi connectivity index (χ2n) is 5.78. The Bertz CT molecular complexity index is 145. The van der Waals surface area contributed by atoms with Gasteiger partial charge in [-0.2, -0.15) is 0 Å². The van der Waals surface area contributed by atoms with E-state index in [1.165, 1.54) is 83.5 Å². The van der Waals surface area contributed by atoms with Crippen molar-refractivity contribution >= 4 is 11.6 Å². The van der Waals surface area contributed by atoms with Crippen molar-refractivity contribution in [2.45, 2.75) is 97.3 Å². The fourth-order valence-corrected chi connectivity index (χ4v) is 2.86. The van der Waals surface area contributed by atoms with Crippen molar-refractivity contribution in [3.8, 4) is 0 Å². The molecular formula is C17H35Cl. The van der Waals surface area contributed by atoms with Crippen LogP contribution in [0.4, 0.5) is 0 Å². The van der Waals surface area contributed by atoms with Gasteiger partial charge in [0.05, 0.1) is 0 Å². The highest BCUT2D eigenvalue weighted by molar-refractivity contribution is 6.18. The normalized spacial score (nSPS) is 12.8. The summed E-state index contributed by atoms with van der Waals surface area (Å²) in [5.74, 6) is 1.67. The topological polar surface area (TPSA) is 0 Å². The average Bonchev–Trinajstić information content (AvgIpc) is 2.40. The van der Waals surface area contributed by atoms with Gasteiger partial charge in [0.1, 0.15) is 0 Å². The maximum absolute atomic E-state index is 6.06. The molecule has 0 saturated carbocycles. The predicted octanol–water partition coefficient (Wildman–Crippen LogP) is 6.95. The molecule has 0 aliphatic heterocycles. The van der Waals surface area contributed by atoms with Gasteiger partial charge in [0.15, 0.2) is 0 Å². The lowest BCUT2D eigenvalue weighted by atomic mass is 9.96. The molecule has 0 bridgehead atoms. The molecule has 18 heavy (non-hydrogen) atoms. The molecule has 0 aromatic rings. The molecule has 0 aliphatic rings. The van der Waals surface area contributed by atoms with Crippen LogP contribution >= 0.6 is 11.6 Å². The van der Waals surface area contributed by atoms with Crippen LogP contribution < -0.4 is 0 Å². The predicted molar refractivity (Wildman–Crippen MR) is 85.6 cm³/mol. The number of rotatable bonds is 14. The molecule has 1 atom stereocenters. The Morgan fingerprint density at radius 1 is 0.611 bits per heavy atom. The summed E-state index contributed by atoms with van der Waals surface area (Å²) in [7, 11) is 0. The zero-order valence-electron chi connectivity index (χ0n) is 12.9. The molecule has 0 heterocycles. The van der Waals surface area contributed by atoms with Gasteiger partial charge in [0.2, 0.25) is 0 Å². The van der Waals surface area contributed by atoms with Gasteiger partial charge in [0.25, 0.3) is 0 Å². The molecule has 110 valence electrons. The Hall–Kier alpha value is 0.290. The summed E-state index contributed by atoms with van der Waals surface area (Å²) >= 11 is 6.06. The molecule has 0 radical (unpaired) electrons. The zero-order valence-corrected chi connectivity index (χ0v) is 13.6. The van der Waals surface area contributed by atoms with E-state index in [4.69, 9.17) is 11.6 Å². The van der Waals surface area contributed by atoms with Crippen molar-refractivity contribution in [1.82, 2.24) is 0 Å². The zero-order chi connectivity index (χ0) is 13.5. The maximum Gasteiger partial charge on any atom is 0.0251 e. The fourth-order valence-electron chi connectivity index (χ4n) is 2.55. The first-order valence-electron chi connectivity index (χ1n) is 8.41. The molecule has 0 N–H and O–H groups in total. The third-order valence-electron chi connectivity index (χ3n) is 3.90. The first-order valence-corrected chi connectivity index (χ1v) is 8.94. The van der Waals surface area contributed by atoms with Crippen LogP contribution in [0.5, 0.6) is 0 Å². The van der Waals surface area contributed by atoms with Gasteiger partial charge >= 0.3 is 0 Å². The first-order chi connectivity index (χ1) is 8.85. The Morgan fingerprint density at radius 2 is 1.00 bits per heavy atom. The smallest absolute Gasteiger partial charge is 0.0251 e. The lowest BCUT2D eigenvalue weighted by Gasteiger charge is -2.13. The summed E-state index contributed by atoms with van der Waals surface area (Å²) < 4.78 is 0. The third kappa shape index (κ3) is 12.7. The molecule has 0 aliphatic carbocycles. The Balaban J connectivity index is 3.27. The van der Waals surface area contributed by atoms with Crippen LogP contribution in [0.15, 0.2) is 0 Å². The second-order valence-corrected chi connectivity index (χ2v) is 6.09. The van der Waals surface area contributed by atoms with E-state index in [9.17, 15) is 0 Å². The van der Waals surface area contributed by atoms with E-state index in [1.54, 1.807) is 0 Å². The summed E-state index contributed by atoms with van der Waals surface area (Å²) in [4.78, 5) is 0. The number of hydrogen-bond acceptors (Lipinski definition) is 0. The number of alkyl halides is 1. The van der Waals surface area contributed by atoms with Crippen LogP contribution in [0, 0.1) is 5.92 Å². The van der Waals surface area contributed by atoms with Crippen LogP contribution in [0.1, 0.15) is 97.3 Å². The highest BCUT2D eigenvalue weighted by atomic mass is 35.5. The van der Waals surface area contributed by atoms with Crippen molar-refractivity contribution in [2.24, 2.45) is 5.92 Å². The molecule has 0 saturated heterocycles. The van der Waals surface area contributed by atoms with Gasteiger partial charge in [-0.3, -0.25) is 0 Å². The maximum atomic E-state index is 6.06. The summed E-state index contributed by atoms with van der Waals surface area (Å²) in [6.07, 6.45) is 18.2. The largest absolute Gasteiger partial charge is 0.126 e. The quantitative estimate of drug-likeness (QED) is 0.237. The summed E-state index contributed by atoms with van der Waals surface area (Å²) in [6, 6.07) is 0. The average molecular weight is 275 g/mol. The van der Waals surface area contributed by atoms with Crippen molar-refractivity contribution in [3.05, 3.63) is 0 Å². The van der Waals surface area contributed by atoms with Gasteiger partial charge in [-0.25, -0.2) is 0 Å². The van der Waals surface area contributed by atoms with E-state index in [0.29, 0.717) is 0 Å². The molecule has 0 amide bonds. The summed E-state index contributed by atoms with van der Waals surface area (Å²) in [5, 5.41) is 0. The number of unbranched alkanes of at least 4 members (excludes halogenated alkanes) is 9. The van der Waals surface area contributed by atoms with E-state index in [-0.39, 0.29) is 0 Å². The third-order valence-corrected chi connectivity index (χ3v) is 4.34. The minimum Gasteiger partial charge on any atom is -0.126 e. The highest BCUT2D eigenvalue weighted by Gasteiger charge is 2.06. The highest BCUT2D eigenvalue weighted by Crippen LogP contribution is 2.19. The SMILES string of the molecule is CCCCCCCCCC(CCl)CCCCCC. The molecule has 1 unspecified atom stereocenters. The molecule has 0 aromatic carbocycles. The summed E-state index contributed by atoms with van der Waals surface area (Å²) in [6.45, 7) is 4.56. The van der Waals surface area contributed by atoms with Gasteiger partial charge < -0.3 is 0 Å². The van der Waals surface area contributed by atoms with Crippen molar-refractivity contribution in [3.63, 3.8) is 0 Å². The standard InChI is InChI=1S/C17H35Cl/c1-3-5-7-9-10-11-13-15-17(16-18)14-12-8-6-4-2/h17H,3-16H2,1-2H3. The van der Waals surface area contributed by atoms with E-state index in [0.717, 1.165) is 11.8 Å². The monoisotopic (exact) mass is 274 g/mol. The van der Waals surface area contributed by atoms with Crippen LogP contribution in [0.25, 0.3) is 0 Å². The molecular weight excluding hydrogens is 240 g/mol. The minimum atomic E-state index is 0.791. The lowest BCUT2D eigenvalue weighted by Crippen LogP contribution is -2.02. The van der Waals surface area contributed by atoms with E-state index in [2.05, 4.69) is 13.8 Å². The van der Waals surface area contributed by atoms with E-state index >= 15 is 0 Å². The molecule has 1 heteroatoms.